The number of alkyl halides is 1. The van der Waals surface area contributed by atoms with E-state index in [-0.39, 0.29) is 5.91 Å². The quantitative estimate of drug-likeness (QED) is 0.747. The molecule has 0 aromatic heterocycles. The number of hydrogen-bond acceptors (Lipinski definition) is 1. The summed E-state index contributed by atoms with van der Waals surface area (Å²) in [6, 6.07) is 7.60. The summed E-state index contributed by atoms with van der Waals surface area (Å²) in [4.78, 5) is 14.3. The Hall–Kier alpha value is -1.02. The fraction of sp³-hybridized carbons (Fsp3) is 0.533. The molecule has 0 aliphatic carbocycles. The molecule has 2 nitrogen and oxygen atoms in total. The monoisotopic (exact) mass is 265 g/mol. The zero-order valence-electron chi connectivity index (χ0n) is 11.1. The van der Waals surface area contributed by atoms with Crippen molar-refractivity contribution in [1.82, 2.24) is 4.90 Å². The second-order valence-corrected chi connectivity index (χ2v) is 6.05. The van der Waals surface area contributed by atoms with Crippen molar-refractivity contribution in [2.75, 3.05) is 13.1 Å². The van der Waals surface area contributed by atoms with Gasteiger partial charge in [-0.2, -0.15) is 0 Å². The largest absolute Gasteiger partial charge is 0.339 e. The summed E-state index contributed by atoms with van der Waals surface area (Å²) in [5.74, 6) is 0.637. The zero-order valence-corrected chi connectivity index (χ0v) is 11.8. The SMILES string of the molecule is CC1(C)CCN(C(=O)c2ccc(CCl)cc2)CC1. The Labute approximate surface area is 114 Å². The predicted octanol–water partition coefficient (Wildman–Crippen LogP) is 3.69. The summed E-state index contributed by atoms with van der Waals surface area (Å²) in [5.41, 5.74) is 2.19. The molecule has 3 heteroatoms. The summed E-state index contributed by atoms with van der Waals surface area (Å²) in [6.45, 7) is 6.26. The number of carbonyl (C=O) groups is 1. The van der Waals surface area contributed by atoms with Crippen molar-refractivity contribution < 1.29 is 4.79 Å². The van der Waals surface area contributed by atoms with Crippen LogP contribution in [0, 0.1) is 5.41 Å². The Bertz CT molecular complexity index is 415. The normalized spacial score (nSPS) is 18.7. The fourth-order valence-corrected chi connectivity index (χ4v) is 2.41. The minimum atomic E-state index is 0.145. The number of likely N-dealkylation sites (tertiary alicyclic amines) is 1. The third kappa shape index (κ3) is 3.05. The summed E-state index contributed by atoms with van der Waals surface area (Å²) < 4.78 is 0. The summed E-state index contributed by atoms with van der Waals surface area (Å²) >= 11 is 5.74. The van der Waals surface area contributed by atoms with Gasteiger partial charge in [-0.1, -0.05) is 26.0 Å². The van der Waals surface area contributed by atoms with Gasteiger partial charge in [0.05, 0.1) is 0 Å². The van der Waals surface area contributed by atoms with Crippen molar-refractivity contribution in [3.63, 3.8) is 0 Å². The first-order valence-corrected chi connectivity index (χ1v) is 6.99. The summed E-state index contributed by atoms with van der Waals surface area (Å²) in [6.07, 6.45) is 2.16. The Morgan fingerprint density at radius 3 is 2.28 bits per heavy atom. The van der Waals surface area contributed by atoms with Gasteiger partial charge in [0.15, 0.2) is 0 Å². The van der Waals surface area contributed by atoms with Gasteiger partial charge >= 0.3 is 0 Å². The lowest BCUT2D eigenvalue weighted by Gasteiger charge is -2.37. The molecule has 1 amide bonds. The number of halogens is 1. The first-order valence-electron chi connectivity index (χ1n) is 6.46. The number of benzene rings is 1. The van der Waals surface area contributed by atoms with Crippen LogP contribution >= 0.6 is 11.6 Å². The van der Waals surface area contributed by atoms with Gasteiger partial charge in [-0.25, -0.2) is 0 Å². The molecule has 0 atom stereocenters. The Morgan fingerprint density at radius 1 is 1.22 bits per heavy atom. The molecule has 1 aliphatic rings. The fourth-order valence-electron chi connectivity index (χ4n) is 2.23. The van der Waals surface area contributed by atoms with Gasteiger partial charge in [0, 0.05) is 24.5 Å². The van der Waals surface area contributed by atoms with Crippen molar-refractivity contribution in [3.05, 3.63) is 35.4 Å². The van der Waals surface area contributed by atoms with Crippen LogP contribution in [0.3, 0.4) is 0 Å². The average Bonchev–Trinajstić information content (AvgIpc) is 2.38. The van der Waals surface area contributed by atoms with Crippen LogP contribution in [-0.2, 0) is 5.88 Å². The number of carbonyl (C=O) groups excluding carboxylic acids is 1. The van der Waals surface area contributed by atoms with E-state index in [1.54, 1.807) is 0 Å². The van der Waals surface area contributed by atoms with Crippen LogP contribution in [0.4, 0.5) is 0 Å². The maximum absolute atomic E-state index is 12.3. The van der Waals surface area contributed by atoms with E-state index in [2.05, 4.69) is 13.8 Å². The van der Waals surface area contributed by atoms with Crippen LogP contribution in [0.2, 0.25) is 0 Å². The van der Waals surface area contributed by atoms with E-state index in [4.69, 9.17) is 11.6 Å². The van der Waals surface area contributed by atoms with E-state index in [0.717, 1.165) is 37.1 Å². The van der Waals surface area contributed by atoms with Crippen molar-refractivity contribution in [3.8, 4) is 0 Å². The molecule has 98 valence electrons. The Kier molecular flexibility index (Phi) is 3.96. The first-order chi connectivity index (χ1) is 8.52. The standard InChI is InChI=1S/C15H20ClNO/c1-15(2)7-9-17(10-8-15)14(18)13-5-3-12(11-16)4-6-13/h3-6H,7-11H2,1-2H3. The molecule has 0 unspecified atom stereocenters. The predicted molar refractivity (Wildman–Crippen MR) is 74.9 cm³/mol. The zero-order chi connectivity index (χ0) is 13.2. The van der Waals surface area contributed by atoms with Crippen LogP contribution in [-0.4, -0.2) is 23.9 Å². The van der Waals surface area contributed by atoms with Gasteiger partial charge in [0.25, 0.3) is 5.91 Å². The molecule has 1 aromatic rings. The van der Waals surface area contributed by atoms with Crippen LogP contribution in [0.5, 0.6) is 0 Å². The highest BCUT2D eigenvalue weighted by Crippen LogP contribution is 2.30. The molecule has 1 heterocycles. The second kappa shape index (κ2) is 5.31. The topological polar surface area (TPSA) is 20.3 Å². The van der Waals surface area contributed by atoms with Crippen LogP contribution in [0.25, 0.3) is 0 Å². The van der Waals surface area contributed by atoms with Crippen LogP contribution < -0.4 is 0 Å². The van der Waals surface area contributed by atoms with E-state index in [1.807, 2.05) is 29.2 Å². The number of amides is 1. The number of nitrogens with zero attached hydrogens (tertiary/aromatic N) is 1. The van der Waals surface area contributed by atoms with Gasteiger partial charge in [-0.05, 0) is 36.0 Å². The summed E-state index contributed by atoms with van der Waals surface area (Å²) in [7, 11) is 0. The third-order valence-electron chi connectivity index (χ3n) is 3.76. The number of rotatable bonds is 2. The molecule has 18 heavy (non-hydrogen) atoms. The van der Waals surface area contributed by atoms with Gasteiger partial charge in [0.1, 0.15) is 0 Å². The molecule has 0 N–H and O–H groups in total. The molecule has 0 radical (unpaired) electrons. The van der Waals surface area contributed by atoms with E-state index in [0.29, 0.717) is 11.3 Å². The highest BCUT2D eigenvalue weighted by atomic mass is 35.5. The molecule has 1 aromatic carbocycles. The highest BCUT2D eigenvalue weighted by Gasteiger charge is 2.28. The maximum Gasteiger partial charge on any atom is 0.253 e. The minimum Gasteiger partial charge on any atom is -0.339 e. The molecule has 2 rings (SSSR count). The van der Waals surface area contributed by atoms with Gasteiger partial charge in [-0.3, -0.25) is 4.79 Å². The van der Waals surface area contributed by atoms with Crippen molar-refractivity contribution in [2.45, 2.75) is 32.6 Å². The smallest absolute Gasteiger partial charge is 0.253 e. The highest BCUT2D eigenvalue weighted by molar-refractivity contribution is 6.17. The number of piperidine rings is 1. The molecule has 0 bridgehead atoms. The Morgan fingerprint density at radius 2 is 1.78 bits per heavy atom. The molecular weight excluding hydrogens is 246 g/mol. The molecule has 1 aliphatic heterocycles. The first kappa shape index (κ1) is 13.4. The van der Waals surface area contributed by atoms with E-state index >= 15 is 0 Å². The van der Waals surface area contributed by atoms with E-state index in [9.17, 15) is 4.79 Å². The van der Waals surface area contributed by atoms with Crippen molar-refractivity contribution >= 4 is 17.5 Å². The second-order valence-electron chi connectivity index (χ2n) is 5.79. The molecule has 1 fully saturated rings. The maximum atomic E-state index is 12.3. The average molecular weight is 266 g/mol. The van der Waals surface area contributed by atoms with E-state index < -0.39 is 0 Å². The van der Waals surface area contributed by atoms with Gasteiger partial charge in [0.2, 0.25) is 0 Å². The minimum absolute atomic E-state index is 0.145. The van der Waals surface area contributed by atoms with Crippen LogP contribution in [0.1, 0.15) is 42.6 Å². The van der Waals surface area contributed by atoms with Crippen molar-refractivity contribution in [1.29, 1.82) is 0 Å². The number of hydrogen-bond donors (Lipinski definition) is 0. The van der Waals surface area contributed by atoms with Crippen LogP contribution in [0.15, 0.2) is 24.3 Å². The molecule has 0 saturated carbocycles. The summed E-state index contributed by atoms with van der Waals surface area (Å²) in [5, 5.41) is 0. The van der Waals surface area contributed by atoms with E-state index in [1.165, 1.54) is 0 Å². The van der Waals surface area contributed by atoms with Gasteiger partial charge in [-0.15, -0.1) is 11.6 Å². The lowest BCUT2D eigenvalue weighted by Crippen LogP contribution is -2.41. The molecule has 0 spiro atoms. The third-order valence-corrected chi connectivity index (χ3v) is 4.07. The molecular formula is C15H20ClNO. The Balaban J connectivity index is 2.03. The lowest BCUT2D eigenvalue weighted by molar-refractivity contribution is 0.0630. The lowest BCUT2D eigenvalue weighted by atomic mass is 9.82. The van der Waals surface area contributed by atoms with Gasteiger partial charge < -0.3 is 4.90 Å². The molecule has 1 saturated heterocycles. The van der Waals surface area contributed by atoms with Crippen molar-refractivity contribution in [2.24, 2.45) is 5.41 Å².